The quantitative estimate of drug-likeness (QED) is 0.0627. The fourth-order valence-corrected chi connectivity index (χ4v) is 8.63. The van der Waals surface area contributed by atoms with Crippen molar-refractivity contribution in [1.29, 1.82) is 0 Å². The summed E-state index contributed by atoms with van der Waals surface area (Å²) in [5.74, 6) is 1.99. The van der Waals surface area contributed by atoms with Gasteiger partial charge in [-0.1, -0.05) is 23.7 Å². The van der Waals surface area contributed by atoms with Gasteiger partial charge in [0.15, 0.2) is 11.6 Å². The molecular weight excluding hydrogens is 737 g/mol. The molecule has 14 nitrogen and oxygen atoms in total. The van der Waals surface area contributed by atoms with E-state index >= 15 is 0 Å². The Labute approximate surface area is 334 Å². The standard InChI is InChI=1S/C44H46N8O6/c1-5-51-37(21-32(49-51)26-13-14-26)48-42-40-31-18-23(2)30(38-24(3)50-58-25(38)4)20-33(31)45-41(40)46-36(47-42)22-57-17-8-6-7-10-27-11-9-12-29-39(27)44(56)52(43(29)55)34-16-15-28(53)19-35(34)54/h9,11-12,18,20-21,26,34H,5-8,10,13-17,19,22H2,1-4H3,(H2,45,46,47,48). The molecule has 1 atom stereocenters. The van der Waals surface area contributed by atoms with Crippen LogP contribution in [-0.4, -0.2) is 70.8 Å². The number of Topliss-reactive ketones (excluding diaryl/α,β-unsaturated/α-hetero) is 2. The zero-order chi connectivity index (χ0) is 40.2. The summed E-state index contributed by atoms with van der Waals surface area (Å²) in [6, 6.07) is 10.9. The number of aromatic amines is 1. The minimum absolute atomic E-state index is 0.149. The van der Waals surface area contributed by atoms with Crippen molar-refractivity contribution in [2.24, 2.45) is 0 Å². The molecule has 1 aliphatic heterocycles. The van der Waals surface area contributed by atoms with E-state index in [0.29, 0.717) is 47.4 Å². The Hall–Kier alpha value is -6.02. The molecule has 3 aliphatic rings. The highest BCUT2D eigenvalue weighted by atomic mass is 16.5. The minimum Gasteiger partial charge on any atom is -0.373 e. The molecule has 14 heteroatoms. The lowest BCUT2D eigenvalue weighted by Crippen LogP contribution is -2.47. The van der Waals surface area contributed by atoms with Gasteiger partial charge in [0, 0.05) is 48.0 Å². The third kappa shape index (κ3) is 6.78. The third-order valence-corrected chi connectivity index (χ3v) is 11.7. The van der Waals surface area contributed by atoms with E-state index in [-0.39, 0.29) is 37.4 Å². The Morgan fingerprint density at radius 2 is 1.79 bits per heavy atom. The van der Waals surface area contributed by atoms with E-state index in [1.165, 1.54) is 0 Å². The predicted octanol–water partition coefficient (Wildman–Crippen LogP) is 7.75. The molecule has 0 bridgehead atoms. The molecule has 0 spiro atoms. The summed E-state index contributed by atoms with van der Waals surface area (Å²) in [7, 11) is 0. The zero-order valence-electron chi connectivity index (χ0n) is 33.2. The number of hydrogen-bond donors (Lipinski definition) is 2. The number of nitrogens with one attached hydrogen (secondary N) is 2. The van der Waals surface area contributed by atoms with E-state index in [0.717, 1.165) is 105 Å². The summed E-state index contributed by atoms with van der Waals surface area (Å²) in [5, 5.41) is 14.6. The van der Waals surface area contributed by atoms with Crippen LogP contribution >= 0.6 is 0 Å². The van der Waals surface area contributed by atoms with Crippen LogP contribution in [0.15, 0.2) is 40.9 Å². The highest BCUT2D eigenvalue weighted by Crippen LogP contribution is 2.42. The number of amides is 2. The molecule has 2 amide bonds. The molecule has 4 aromatic heterocycles. The molecule has 0 saturated heterocycles. The van der Waals surface area contributed by atoms with E-state index < -0.39 is 17.9 Å². The first-order valence-corrected chi connectivity index (χ1v) is 20.3. The van der Waals surface area contributed by atoms with Crippen LogP contribution in [0, 0.1) is 20.8 Å². The van der Waals surface area contributed by atoms with Gasteiger partial charge >= 0.3 is 0 Å². The Kier molecular flexibility index (Phi) is 9.75. The van der Waals surface area contributed by atoms with Crippen LogP contribution in [0.5, 0.6) is 0 Å². The molecule has 298 valence electrons. The summed E-state index contributed by atoms with van der Waals surface area (Å²) in [6.07, 6.45) is 5.49. The molecular formula is C44H46N8O6. The van der Waals surface area contributed by atoms with Crippen molar-refractivity contribution < 1.29 is 28.4 Å². The van der Waals surface area contributed by atoms with Gasteiger partial charge in [0.25, 0.3) is 11.8 Å². The molecule has 5 heterocycles. The van der Waals surface area contributed by atoms with Crippen molar-refractivity contribution in [2.75, 3.05) is 11.9 Å². The lowest BCUT2D eigenvalue weighted by atomic mass is 9.92. The lowest BCUT2D eigenvalue weighted by Gasteiger charge is -2.27. The van der Waals surface area contributed by atoms with E-state index in [9.17, 15) is 19.2 Å². The maximum Gasteiger partial charge on any atom is 0.262 e. The summed E-state index contributed by atoms with van der Waals surface area (Å²) >= 11 is 0. The molecule has 0 radical (unpaired) electrons. The highest BCUT2D eigenvalue weighted by Gasteiger charge is 2.45. The zero-order valence-corrected chi connectivity index (χ0v) is 33.2. The number of hydrogen-bond acceptors (Lipinski definition) is 11. The molecule has 6 aromatic rings. The number of imide groups is 1. The van der Waals surface area contributed by atoms with Gasteiger partial charge in [0.1, 0.15) is 35.4 Å². The molecule has 58 heavy (non-hydrogen) atoms. The van der Waals surface area contributed by atoms with Crippen LogP contribution < -0.4 is 5.32 Å². The number of nitrogens with zero attached hydrogens (tertiary/aromatic N) is 6. The van der Waals surface area contributed by atoms with Crippen LogP contribution in [0.3, 0.4) is 0 Å². The number of aryl methyl sites for hydroxylation is 5. The van der Waals surface area contributed by atoms with Crippen LogP contribution in [0.25, 0.3) is 33.1 Å². The summed E-state index contributed by atoms with van der Waals surface area (Å²) < 4.78 is 13.6. The first-order chi connectivity index (χ1) is 28.1. The van der Waals surface area contributed by atoms with E-state index in [4.69, 9.17) is 24.3 Å². The average Bonchev–Trinajstić information content (AvgIpc) is 3.66. The number of carbonyl (C=O) groups is 4. The summed E-state index contributed by atoms with van der Waals surface area (Å²) in [6.45, 7) is 9.49. The topological polar surface area (TPSA) is 178 Å². The SMILES string of the molecule is CCn1nc(C2CC2)cc1Nc1nc(COCCCCCc2cccc3c2C(=O)N(C2CCC(=O)CC2=O)C3=O)nc2[nH]c3cc(-c4c(C)noc4C)c(C)cc3c12. The van der Waals surface area contributed by atoms with Gasteiger partial charge < -0.3 is 19.6 Å². The lowest BCUT2D eigenvalue weighted by molar-refractivity contribution is -0.132. The van der Waals surface area contributed by atoms with Crippen LogP contribution in [0.4, 0.5) is 11.6 Å². The molecule has 2 N–H and O–H groups in total. The number of ketones is 2. The van der Waals surface area contributed by atoms with Crippen molar-refractivity contribution in [1.82, 2.24) is 34.8 Å². The van der Waals surface area contributed by atoms with Gasteiger partial charge in [-0.25, -0.2) is 14.6 Å². The minimum atomic E-state index is -0.876. The Morgan fingerprint density at radius 1 is 0.948 bits per heavy atom. The normalized spacial score (nSPS) is 17.0. The second-order valence-electron chi connectivity index (χ2n) is 15.8. The largest absolute Gasteiger partial charge is 0.373 e. The van der Waals surface area contributed by atoms with E-state index in [2.05, 4.69) is 47.5 Å². The number of unbranched alkanes of at least 4 members (excludes halogenated alkanes) is 2. The number of anilines is 2. The fourth-order valence-electron chi connectivity index (χ4n) is 8.63. The van der Waals surface area contributed by atoms with Gasteiger partial charge in [0.2, 0.25) is 0 Å². The first-order valence-electron chi connectivity index (χ1n) is 20.3. The van der Waals surface area contributed by atoms with E-state index in [1.54, 1.807) is 12.1 Å². The van der Waals surface area contributed by atoms with Crippen molar-refractivity contribution in [3.8, 4) is 11.1 Å². The molecule has 2 aromatic carbocycles. The maximum atomic E-state index is 13.5. The monoisotopic (exact) mass is 782 g/mol. The number of benzene rings is 2. The predicted molar refractivity (Wildman–Crippen MR) is 216 cm³/mol. The number of aromatic nitrogens is 6. The van der Waals surface area contributed by atoms with Gasteiger partial charge in [-0.3, -0.25) is 24.1 Å². The van der Waals surface area contributed by atoms with Gasteiger partial charge in [0.05, 0.1) is 40.4 Å². The molecule has 9 rings (SSSR count). The van der Waals surface area contributed by atoms with Gasteiger partial charge in [-0.15, -0.1) is 0 Å². The van der Waals surface area contributed by atoms with Crippen LogP contribution in [0.2, 0.25) is 0 Å². The smallest absolute Gasteiger partial charge is 0.262 e. The van der Waals surface area contributed by atoms with E-state index in [1.807, 2.05) is 24.6 Å². The van der Waals surface area contributed by atoms with Crippen LogP contribution in [0.1, 0.15) is 119 Å². The average molecular weight is 783 g/mol. The Morgan fingerprint density at radius 3 is 2.55 bits per heavy atom. The fraction of sp³-hybridized carbons (Fsp3) is 0.409. The third-order valence-electron chi connectivity index (χ3n) is 11.7. The summed E-state index contributed by atoms with van der Waals surface area (Å²) in [4.78, 5) is 65.8. The number of H-pyrrole nitrogens is 1. The summed E-state index contributed by atoms with van der Waals surface area (Å²) in [5.41, 5.74) is 8.20. The van der Waals surface area contributed by atoms with Gasteiger partial charge in [-0.2, -0.15) is 5.10 Å². The second-order valence-corrected chi connectivity index (χ2v) is 15.8. The van der Waals surface area contributed by atoms with Crippen LogP contribution in [-0.2, 0) is 33.9 Å². The number of ether oxygens (including phenoxy) is 1. The van der Waals surface area contributed by atoms with Gasteiger partial charge in [-0.05, 0) is 101 Å². The number of carbonyl (C=O) groups excluding carboxylic acids is 4. The second kappa shape index (κ2) is 15.1. The van der Waals surface area contributed by atoms with Crippen molar-refractivity contribution in [2.45, 2.75) is 111 Å². The molecule has 1 unspecified atom stereocenters. The molecule has 2 aliphatic carbocycles. The highest BCUT2D eigenvalue weighted by molar-refractivity contribution is 6.24. The Bertz CT molecular complexity index is 2630. The molecule has 2 fully saturated rings. The molecule has 2 saturated carbocycles. The number of rotatable bonds is 14. The Balaban J connectivity index is 0.893. The van der Waals surface area contributed by atoms with Crippen molar-refractivity contribution in [3.63, 3.8) is 0 Å². The van der Waals surface area contributed by atoms with Crippen molar-refractivity contribution >= 4 is 57.0 Å². The van der Waals surface area contributed by atoms with Crippen molar-refractivity contribution in [3.05, 3.63) is 81.6 Å². The number of fused-ring (bicyclic) bond motifs is 4. The first kappa shape index (κ1) is 37.6. The maximum absolute atomic E-state index is 13.5.